The first kappa shape index (κ1) is 14.0. The zero-order valence-electron chi connectivity index (χ0n) is 11.4. The molecule has 0 bridgehead atoms. The van der Waals surface area contributed by atoms with E-state index in [0.29, 0.717) is 5.69 Å². The first-order chi connectivity index (χ1) is 9.44. The molecule has 0 aliphatic heterocycles. The summed E-state index contributed by atoms with van der Waals surface area (Å²) in [6.45, 7) is 3.61. The van der Waals surface area contributed by atoms with E-state index in [-0.39, 0.29) is 24.7 Å². The lowest BCUT2D eigenvalue weighted by Crippen LogP contribution is -2.16. The second-order valence-corrected chi connectivity index (χ2v) is 5.01. The van der Waals surface area contributed by atoms with Crippen LogP contribution < -0.4 is 5.32 Å². The Kier molecular flexibility index (Phi) is 4.02. The zero-order chi connectivity index (χ0) is 14.7. The maximum Gasteiger partial charge on any atom is 0.303 e. The largest absolute Gasteiger partial charge is 0.481 e. The maximum absolute atomic E-state index is 11.8. The van der Waals surface area contributed by atoms with Crippen molar-refractivity contribution in [1.29, 1.82) is 0 Å². The average Bonchev–Trinajstić information content (AvgIpc) is 2.66. The zero-order valence-corrected chi connectivity index (χ0v) is 11.4. The number of hydrogen-bond donors (Lipinski definition) is 3. The van der Waals surface area contributed by atoms with Gasteiger partial charge in [0.2, 0.25) is 5.91 Å². The second-order valence-electron chi connectivity index (χ2n) is 5.01. The Morgan fingerprint density at radius 1 is 1.40 bits per heavy atom. The van der Waals surface area contributed by atoms with Crippen LogP contribution in [0.3, 0.4) is 0 Å². The number of hydrogen-bond acceptors (Lipinski definition) is 3. The van der Waals surface area contributed by atoms with Gasteiger partial charge in [-0.3, -0.25) is 9.59 Å². The minimum atomic E-state index is -0.889. The van der Waals surface area contributed by atoms with E-state index >= 15 is 0 Å². The summed E-state index contributed by atoms with van der Waals surface area (Å²) in [5.74, 6) is -0.446. The van der Waals surface area contributed by atoms with Gasteiger partial charge in [0.25, 0.3) is 0 Å². The van der Waals surface area contributed by atoms with Crippen LogP contribution in [0.25, 0.3) is 11.0 Å². The number of rotatable bonds is 5. The average molecular weight is 275 g/mol. The summed E-state index contributed by atoms with van der Waals surface area (Å²) in [5, 5.41) is 11.4. The quantitative estimate of drug-likeness (QED) is 0.780. The lowest BCUT2D eigenvalue weighted by atomic mass is 10.0. The number of carbonyl (C=O) groups excluding carboxylic acids is 1. The van der Waals surface area contributed by atoms with Crippen LogP contribution >= 0.6 is 0 Å². The van der Waals surface area contributed by atoms with Crippen molar-refractivity contribution in [2.24, 2.45) is 5.92 Å². The van der Waals surface area contributed by atoms with Crippen molar-refractivity contribution in [3.63, 3.8) is 0 Å². The topological polar surface area (TPSA) is 95.1 Å². The number of nitrogens with one attached hydrogen (secondary N) is 2. The maximum atomic E-state index is 11.8. The Morgan fingerprint density at radius 3 is 2.85 bits per heavy atom. The number of carboxylic acid groups (broad SMARTS) is 1. The Bertz CT molecular complexity index is 648. The van der Waals surface area contributed by atoms with Crippen molar-refractivity contribution in [3.05, 3.63) is 24.0 Å². The van der Waals surface area contributed by atoms with Gasteiger partial charge in [-0.15, -0.1) is 0 Å². The van der Waals surface area contributed by atoms with Crippen LogP contribution in [0.1, 0.15) is 25.6 Å². The van der Waals surface area contributed by atoms with Crippen molar-refractivity contribution in [3.8, 4) is 0 Å². The third-order valence-electron chi connectivity index (χ3n) is 2.94. The van der Waals surface area contributed by atoms with E-state index < -0.39 is 5.97 Å². The number of aliphatic carboxylic acids is 1. The molecule has 0 fully saturated rings. The first-order valence-corrected chi connectivity index (χ1v) is 6.42. The molecule has 0 spiro atoms. The highest BCUT2D eigenvalue weighted by Gasteiger charge is 2.13. The fourth-order valence-electron chi connectivity index (χ4n) is 2.11. The third-order valence-corrected chi connectivity index (χ3v) is 2.94. The number of nitrogens with zero attached hydrogens (tertiary/aromatic N) is 1. The van der Waals surface area contributed by atoms with Crippen LogP contribution in [-0.4, -0.2) is 27.0 Å². The van der Waals surface area contributed by atoms with Crippen molar-refractivity contribution >= 4 is 28.6 Å². The molecule has 20 heavy (non-hydrogen) atoms. The van der Waals surface area contributed by atoms with Crippen LogP contribution in [0.4, 0.5) is 5.69 Å². The molecule has 0 aliphatic carbocycles. The third kappa shape index (κ3) is 3.57. The van der Waals surface area contributed by atoms with Crippen LogP contribution in [-0.2, 0) is 9.59 Å². The standard InChI is InChI=1S/C14H17N3O3/c1-8(6-14(19)20)5-13(18)17-10-3-4-11-12(7-10)16-9(2)15-11/h3-4,7-8H,5-6H2,1-2H3,(H,15,16)(H,17,18)(H,19,20). The van der Waals surface area contributed by atoms with Gasteiger partial charge in [0.05, 0.1) is 11.0 Å². The van der Waals surface area contributed by atoms with Gasteiger partial charge in [-0.05, 0) is 31.0 Å². The predicted octanol–water partition coefficient (Wildman–Crippen LogP) is 2.31. The summed E-state index contributed by atoms with van der Waals surface area (Å²) in [7, 11) is 0. The molecule has 3 N–H and O–H groups in total. The molecule has 0 saturated carbocycles. The van der Waals surface area contributed by atoms with Crippen molar-refractivity contribution < 1.29 is 14.7 Å². The Morgan fingerprint density at radius 2 is 2.15 bits per heavy atom. The number of fused-ring (bicyclic) bond motifs is 1. The molecule has 6 heteroatoms. The molecular formula is C14H17N3O3. The summed E-state index contributed by atoms with van der Waals surface area (Å²) in [4.78, 5) is 29.8. The van der Waals surface area contributed by atoms with Gasteiger partial charge in [0.1, 0.15) is 5.82 Å². The summed E-state index contributed by atoms with van der Waals surface area (Å²) in [6.07, 6.45) is 0.179. The van der Waals surface area contributed by atoms with Crippen molar-refractivity contribution in [2.75, 3.05) is 5.32 Å². The van der Waals surface area contributed by atoms with Gasteiger partial charge >= 0.3 is 5.97 Å². The molecule has 1 atom stereocenters. The monoisotopic (exact) mass is 275 g/mol. The van der Waals surface area contributed by atoms with Crippen LogP contribution in [0, 0.1) is 12.8 Å². The molecule has 6 nitrogen and oxygen atoms in total. The molecule has 1 unspecified atom stereocenters. The number of carbonyl (C=O) groups is 2. The minimum absolute atomic E-state index is 0.00774. The minimum Gasteiger partial charge on any atom is -0.481 e. The SMILES string of the molecule is Cc1nc2ccc(NC(=O)CC(C)CC(=O)O)cc2[nH]1. The molecule has 0 radical (unpaired) electrons. The molecular weight excluding hydrogens is 258 g/mol. The smallest absolute Gasteiger partial charge is 0.303 e. The number of carboxylic acids is 1. The number of aryl methyl sites for hydroxylation is 1. The van der Waals surface area contributed by atoms with Gasteiger partial charge in [-0.2, -0.15) is 0 Å². The molecule has 1 amide bonds. The summed E-state index contributed by atoms with van der Waals surface area (Å²) >= 11 is 0. The number of amides is 1. The van der Waals surface area contributed by atoms with Crippen molar-refractivity contribution in [1.82, 2.24) is 9.97 Å². The fourth-order valence-corrected chi connectivity index (χ4v) is 2.11. The highest BCUT2D eigenvalue weighted by molar-refractivity contribution is 5.93. The molecule has 106 valence electrons. The van der Waals surface area contributed by atoms with Gasteiger partial charge in [0, 0.05) is 18.5 Å². The molecule has 1 aromatic heterocycles. The lowest BCUT2D eigenvalue weighted by Gasteiger charge is -2.09. The van der Waals surface area contributed by atoms with Gasteiger partial charge in [-0.1, -0.05) is 6.92 Å². The van der Waals surface area contributed by atoms with E-state index in [1.807, 2.05) is 19.1 Å². The second kappa shape index (κ2) is 5.73. The summed E-state index contributed by atoms with van der Waals surface area (Å²) in [6, 6.07) is 5.42. The normalized spacial score (nSPS) is 12.3. The molecule has 1 aromatic carbocycles. The number of anilines is 1. The number of H-pyrrole nitrogens is 1. The van der Waals surface area contributed by atoms with E-state index in [0.717, 1.165) is 16.9 Å². The molecule has 2 aromatic rings. The van der Waals surface area contributed by atoms with Gasteiger partial charge < -0.3 is 15.4 Å². The molecule has 1 heterocycles. The summed E-state index contributed by atoms with van der Waals surface area (Å²) < 4.78 is 0. The van der Waals surface area contributed by atoms with Gasteiger partial charge in [0.15, 0.2) is 0 Å². The molecule has 0 saturated heterocycles. The van der Waals surface area contributed by atoms with E-state index in [1.165, 1.54) is 0 Å². The van der Waals surface area contributed by atoms with Crippen LogP contribution in [0.5, 0.6) is 0 Å². The molecule has 0 aliphatic rings. The Balaban J connectivity index is 2.00. The van der Waals surface area contributed by atoms with Gasteiger partial charge in [-0.25, -0.2) is 4.98 Å². The van der Waals surface area contributed by atoms with E-state index in [2.05, 4.69) is 15.3 Å². The van der Waals surface area contributed by atoms with Crippen LogP contribution in [0.2, 0.25) is 0 Å². The number of benzene rings is 1. The molecule has 2 rings (SSSR count). The summed E-state index contributed by atoms with van der Waals surface area (Å²) in [5.41, 5.74) is 2.38. The van der Waals surface area contributed by atoms with E-state index in [1.54, 1.807) is 13.0 Å². The van der Waals surface area contributed by atoms with Crippen LogP contribution in [0.15, 0.2) is 18.2 Å². The Hall–Kier alpha value is -2.37. The number of imidazole rings is 1. The highest BCUT2D eigenvalue weighted by Crippen LogP contribution is 2.18. The number of aromatic amines is 1. The highest BCUT2D eigenvalue weighted by atomic mass is 16.4. The Labute approximate surface area is 116 Å². The van der Waals surface area contributed by atoms with E-state index in [9.17, 15) is 9.59 Å². The lowest BCUT2D eigenvalue weighted by molar-refractivity contribution is -0.138. The van der Waals surface area contributed by atoms with E-state index in [4.69, 9.17) is 5.11 Å². The number of aromatic nitrogens is 2. The van der Waals surface area contributed by atoms with Crippen molar-refractivity contribution in [2.45, 2.75) is 26.7 Å². The first-order valence-electron chi connectivity index (χ1n) is 6.42. The predicted molar refractivity (Wildman–Crippen MR) is 75.5 cm³/mol. The fraction of sp³-hybridized carbons (Fsp3) is 0.357.